The largest absolute Gasteiger partial charge is 0.456 e. The molecule has 0 saturated carbocycles. The lowest BCUT2D eigenvalue weighted by molar-refractivity contribution is 0.477. The average Bonchev–Trinajstić information content (AvgIpc) is 2.99. The van der Waals surface area contributed by atoms with Gasteiger partial charge in [0.2, 0.25) is 0 Å². The Bertz CT molecular complexity index is 1160. The van der Waals surface area contributed by atoms with Gasteiger partial charge in [0.1, 0.15) is 17.3 Å². The third-order valence-electron chi connectivity index (χ3n) is 4.94. The fourth-order valence-electron chi connectivity index (χ4n) is 3.68. The predicted molar refractivity (Wildman–Crippen MR) is 121 cm³/mol. The maximum atomic E-state index is 12.2. The van der Waals surface area contributed by atoms with Crippen molar-refractivity contribution in [2.75, 3.05) is 12.3 Å². The highest BCUT2D eigenvalue weighted by molar-refractivity contribution is 7.90. The van der Waals surface area contributed by atoms with Crippen LogP contribution in [0.2, 0.25) is 5.02 Å². The van der Waals surface area contributed by atoms with E-state index in [1.807, 2.05) is 36.4 Å². The molecule has 0 radical (unpaired) electrons. The number of halogens is 1. The highest BCUT2D eigenvalue weighted by Crippen LogP contribution is 2.37. The van der Waals surface area contributed by atoms with E-state index in [-0.39, 0.29) is 17.0 Å². The van der Waals surface area contributed by atoms with E-state index in [2.05, 4.69) is 18.8 Å². The number of benzene rings is 2. The molecule has 0 saturated heterocycles. The Morgan fingerprint density at radius 1 is 1.23 bits per heavy atom. The van der Waals surface area contributed by atoms with Crippen LogP contribution in [-0.4, -0.2) is 43.3 Å². The van der Waals surface area contributed by atoms with E-state index in [0.29, 0.717) is 28.5 Å². The number of aliphatic imine (C=N–C) groups is 2. The van der Waals surface area contributed by atoms with E-state index in [4.69, 9.17) is 21.3 Å². The van der Waals surface area contributed by atoms with Crippen molar-refractivity contribution in [1.29, 1.82) is 0 Å². The number of ether oxygens (including phenoxy) is 1. The van der Waals surface area contributed by atoms with E-state index in [1.54, 1.807) is 18.2 Å². The Morgan fingerprint density at radius 2 is 2.03 bits per heavy atom. The molecule has 4 rings (SSSR count). The SMILES string of the molecule is CCCS(=O)(=O)Cc1cccc(Oc2ccc3c(c2)C2=NC(C)(C)CN2C=N3)c1Cl. The highest BCUT2D eigenvalue weighted by Gasteiger charge is 2.34. The quantitative estimate of drug-likeness (QED) is 0.629. The number of fused-ring (bicyclic) bond motifs is 3. The van der Waals surface area contributed by atoms with Crippen LogP contribution in [0.25, 0.3) is 0 Å². The monoisotopic (exact) mass is 445 g/mol. The summed E-state index contributed by atoms with van der Waals surface area (Å²) in [4.78, 5) is 11.4. The smallest absolute Gasteiger partial charge is 0.154 e. The Balaban J connectivity index is 1.63. The molecule has 0 unspecified atom stereocenters. The molecule has 8 heteroatoms. The van der Waals surface area contributed by atoms with E-state index in [0.717, 1.165) is 23.6 Å². The zero-order valence-corrected chi connectivity index (χ0v) is 18.8. The standard InChI is InChI=1S/C22H24ClN3O3S/c1-4-10-30(27,28)12-15-6-5-7-19(20(15)23)29-16-8-9-18-17(11-16)21-25-22(2,3)13-26(21)14-24-18/h5-9,11,14H,4,10,12-13H2,1-3H3. The minimum Gasteiger partial charge on any atom is -0.456 e. The van der Waals surface area contributed by atoms with Crippen molar-refractivity contribution in [2.45, 2.75) is 38.5 Å². The summed E-state index contributed by atoms with van der Waals surface area (Å²) in [6, 6.07) is 10.8. The minimum absolute atomic E-state index is 0.101. The van der Waals surface area contributed by atoms with Crippen molar-refractivity contribution >= 4 is 39.3 Å². The molecule has 0 amide bonds. The Hall–Kier alpha value is -2.38. The van der Waals surface area contributed by atoms with Gasteiger partial charge >= 0.3 is 0 Å². The second kappa shape index (κ2) is 7.71. The first kappa shape index (κ1) is 20.9. The third-order valence-corrected chi connectivity index (χ3v) is 7.15. The summed E-state index contributed by atoms with van der Waals surface area (Å²) in [5, 5.41) is 0.314. The molecular weight excluding hydrogens is 422 g/mol. The molecule has 2 aromatic carbocycles. The molecule has 0 atom stereocenters. The lowest BCUT2D eigenvalue weighted by atomic mass is 10.1. The molecule has 2 aliphatic rings. The lowest BCUT2D eigenvalue weighted by Gasteiger charge is -2.22. The summed E-state index contributed by atoms with van der Waals surface area (Å²) in [5.74, 6) is 1.92. The number of rotatable bonds is 6. The molecule has 0 N–H and O–H groups in total. The molecular formula is C22H24ClN3O3S. The van der Waals surface area contributed by atoms with Crippen LogP contribution < -0.4 is 4.74 Å². The van der Waals surface area contributed by atoms with E-state index in [1.165, 1.54) is 0 Å². The van der Waals surface area contributed by atoms with Gasteiger partial charge in [-0.25, -0.2) is 13.4 Å². The number of sulfone groups is 1. The van der Waals surface area contributed by atoms with Crippen LogP contribution in [0.3, 0.4) is 0 Å². The number of hydrogen-bond donors (Lipinski definition) is 0. The van der Waals surface area contributed by atoms with Crippen molar-refractivity contribution in [3.05, 3.63) is 52.5 Å². The Kier molecular flexibility index (Phi) is 5.36. The second-order valence-electron chi connectivity index (χ2n) is 8.22. The molecule has 0 fully saturated rings. The van der Waals surface area contributed by atoms with Gasteiger partial charge in [0.25, 0.3) is 0 Å². The van der Waals surface area contributed by atoms with Gasteiger partial charge in [0, 0.05) is 5.56 Å². The summed E-state index contributed by atoms with van der Waals surface area (Å²) in [7, 11) is -3.21. The van der Waals surface area contributed by atoms with Gasteiger partial charge in [-0.3, -0.25) is 4.99 Å². The Labute approximate surface area is 182 Å². The molecule has 2 aliphatic heterocycles. The maximum Gasteiger partial charge on any atom is 0.154 e. The van der Waals surface area contributed by atoms with Gasteiger partial charge in [-0.2, -0.15) is 0 Å². The van der Waals surface area contributed by atoms with Crippen LogP contribution in [0, 0.1) is 0 Å². The van der Waals surface area contributed by atoms with E-state index >= 15 is 0 Å². The van der Waals surface area contributed by atoms with Crippen LogP contribution in [0.1, 0.15) is 38.3 Å². The predicted octanol–water partition coefficient (Wildman–Crippen LogP) is 4.97. The van der Waals surface area contributed by atoms with E-state index in [9.17, 15) is 8.42 Å². The number of nitrogens with zero attached hydrogens (tertiary/aromatic N) is 3. The lowest BCUT2D eigenvalue weighted by Crippen LogP contribution is -2.33. The molecule has 2 aromatic rings. The van der Waals surface area contributed by atoms with Crippen molar-refractivity contribution in [3.63, 3.8) is 0 Å². The third kappa shape index (κ3) is 4.23. The maximum absolute atomic E-state index is 12.2. The Morgan fingerprint density at radius 3 is 2.80 bits per heavy atom. The molecule has 158 valence electrons. The molecule has 30 heavy (non-hydrogen) atoms. The number of hydrogen-bond acceptors (Lipinski definition) is 6. The van der Waals surface area contributed by atoms with Gasteiger partial charge in [-0.15, -0.1) is 0 Å². The van der Waals surface area contributed by atoms with Gasteiger partial charge in [-0.1, -0.05) is 30.7 Å². The van der Waals surface area contributed by atoms with Crippen molar-refractivity contribution < 1.29 is 13.2 Å². The van der Waals surface area contributed by atoms with Crippen molar-refractivity contribution in [2.24, 2.45) is 9.98 Å². The highest BCUT2D eigenvalue weighted by atomic mass is 35.5. The van der Waals surface area contributed by atoms with Gasteiger partial charge in [0.05, 0.1) is 40.6 Å². The summed E-state index contributed by atoms with van der Waals surface area (Å²) >= 11 is 6.49. The van der Waals surface area contributed by atoms with Crippen LogP contribution in [0.4, 0.5) is 5.69 Å². The normalized spacial score (nSPS) is 16.8. The van der Waals surface area contributed by atoms with Gasteiger partial charge in [-0.05, 0) is 50.1 Å². The summed E-state index contributed by atoms with van der Waals surface area (Å²) in [6.07, 6.45) is 2.39. The van der Waals surface area contributed by atoms with Crippen LogP contribution >= 0.6 is 11.6 Å². The van der Waals surface area contributed by atoms with Gasteiger partial charge < -0.3 is 9.64 Å². The molecule has 2 heterocycles. The second-order valence-corrected chi connectivity index (χ2v) is 10.8. The molecule has 0 aromatic heterocycles. The zero-order chi connectivity index (χ0) is 21.5. The molecule has 0 bridgehead atoms. The molecule has 0 spiro atoms. The van der Waals surface area contributed by atoms with Crippen molar-refractivity contribution in [1.82, 2.24) is 4.90 Å². The van der Waals surface area contributed by atoms with E-state index < -0.39 is 9.84 Å². The first-order chi connectivity index (χ1) is 14.2. The topological polar surface area (TPSA) is 71.3 Å². The first-order valence-electron chi connectivity index (χ1n) is 9.88. The molecule has 6 nitrogen and oxygen atoms in total. The van der Waals surface area contributed by atoms with Crippen molar-refractivity contribution in [3.8, 4) is 11.5 Å². The summed E-state index contributed by atoms with van der Waals surface area (Å²) in [6.45, 7) is 6.79. The fourth-order valence-corrected chi connectivity index (χ4v) is 5.48. The zero-order valence-electron chi connectivity index (χ0n) is 17.2. The summed E-state index contributed by atoms with van der Waals surface area (Å²) in [5.41, 5.74) is 2.10. The fraction of sp³-hybridized carbons (Fsp3) is 0.364. The minimum atomic E-state index is -3.21. The van der Waals surface area contributed by atoms with Gasteiger partial charge in [0.15, 0.2) is 9.84 Å². The molecule has 0 aliphatic carbocycles. The van der Waals surface area contributed by atoms with Crippen LogP contribution in [0.5, 0.6) is 11.5 Å². The number of amidine groups is 1. The van der Waals surface area contributed by atoms with Crippen LogP contribution in [-0.2, 0) is 15.6 Å². The van der Waals surface area contributed by atoms with Crippen LogP contribution in [0.15, 0.2) is 46.4 Å². The first-order valence-corrected chi connectivity index (χ1v) is 12.1. The summed E-state index contributed by atoms with van der Waals surface area (Å²) < 4.78 is 30.5. The average molecular weight is 446 g/mol.